The highest BCUT2D eigenvalue weighted by Crippen LogP contribution is 2.04. The zero-order valence-electron chi connectivity index (χ0n) is 9.66. The smallest absolute Gasteiger partial charge is 0.176 e. The maximum Gasteiger partial charge on any atom is 0.176 e. The fourth-order valence-corrected chi connectivity index (χ4v) is 1.35. The van der Waals surface area contributed by atoms with Gasteiger partial charge < -0.3 is 5.32 Å². The summed E-state index contributed by atoms with van der Waals surface area (Å²) in [5.74, 6) is -0.307. The molecule has 3 nitrogen and oxygen atoms in total. The molecule has 0 aliphatic heterocycles. The van der Waals surface area contributed by atoms with E-state index in [4.69, 9.17) is 0 Å². The van der Waals surface area contributed by atoms with E-state index in [9.17, 15) is 9.18 Å². The van der Waals surface area contributed by atoms with Crippen molar-refractivity contribution in [2.24, 2.45) is 0 Å². The Labute approximate surface area is 95.3 Å². The summed E-state index contributed by atoms with van der Waals surface area (Å²) >= 11 is 0. The molecular formula is C12H17FN2O. The Kier molecular flexibility index (Phi) is 5.08. The summed E-state index contributed by atoms with van der Waals surface area (Å²) in [5.41, 5.74) is 0.553. The van der Waals surface area contributed by atoms with Crippen molar-refractivity contribution >= 4 is 5.78 Å². The van der Waals surface area contributed by atoms with E-state index in [-0.39, 0.29) is 11.6 Å². The molecule has 0 amide bonds. The van der Waals surface area contributed by atoms with Crippen molar-refractivity contribution in [3.05, 3.63) is 35.6 Å². The molecule has 0 heterocycles. The largest absolute Gasteiger partial charge is 0.318 e. The maximum atomic E-state index is 12.6. The normalized spacial score (nSPS) is 10.8. The SMILES string of the molecule is CNCCN(C)CC(=O)c1ccc(F)cc1. The number of carbonyl (C=O) groups excluding carboxylic acids is 1. The van der Waals surface area contributed by atoms with Crippen molar-refractivity contribution in [2.45, 2.75) is 0 Å². The van der Waals surface area contributed by atoms with Gasteiger partial charge in [-0.3, -0.25) is 9.69 Å². The van der Waals surface area contributed by atoms with E-state index in [1.807, 2.05) is 19.0 Å². The van der Waals surface area contributed by atoms with Gasteiger partial charge in [0.1, 0.15) is 5.82 Å². The second-order valence-electron chi connectivity index (χ2n) is 3.77. The highest BCUT2D eigenvalue weighted by Gasteiger charge is 2.08. The number of hydrogen-bond acceptors (Lipinski definition) is 3. The summed E-state index contributed by atoms with van der Waals surface area (Å²) in [4.78, 5) is 13.7. The van der Waals surface area contributed by atoms with Crippen LogP contribution in [0.25, 0.3) is 0 Å². The second-order valence-corrected chi connectivity index (χ2v) is 3.77. The van der Waals surface area contributed by atoms with Crippen molar-refractivity contribution < 1.29 is 9.18 Å². The number of benzene rings is 1. The van der Waals surface area contributed by atoms with Crippen LogP contribution in [0.15, 0.2) is 24.3 Å². The minimum Gasteiger partial charge on any atom is -0.318 e. The first-order valence-corrected chi connectivity index (χ1v) is 5.25. The fourth-order valence-electron chi connectivity index (χ4n) is 1.35. The molecule has 0 radical (unpaired) electrons. The molecule has 0 saturated carbocycles. The molecule has 0 aliphatic carbocycles. The van der Waals surface area contributed by atoms with Gasteiger partial charge in [-0.15, -0.1) is 0 Å². The van der Waals surface area contributed by atoms with Gasteiger partial charge in [0.2, 0.25) is 0 Å². The third kappa shape index (κ3) is 4.08. The number of hydrogen-bond donors (Lipinski definition) is 1. The van der Waals surface area contributed by atoms with Gasteiger partial charge in [-0.05, 0) is 38.4 Å². The van der Waals surface area contributed by atoms with E-state index >= 15 is 0 Å². The predicted octanol–water partition coefficient (Wildman–Crippen LogP) is 1.16. The highest BCUT2D eigenvalue weighted by molar-refractivity contribution is 5.97. The minimum absolute atomic E-state index is 0.0126. The molecule has 1 N–H and O–H groups in total. The van der Waals surface area contributed by atoms with Gasteiger partial charge in [0.05, 0.1) is 6.54 Å². The number of likely N-dealkylation sites (N-methyl/N-ethyl adjacent to an activating group) is 2. The number of halogens is 1. The van der Waals surface area contributed by atoms with Crippen LogP contribution in [0, 0.1) is 5.82 Å². The van der Waals surface area contributed by atoms with E-state index in [2.05, 4.69) is 5.32 Å². The average molecular weight is 224 g/mol. The Bertz CT molecular complexity index is 337. The van der Waals surface area contributed by atoms with E-state index in [0.29, 0.717) is 12.1 Å². The summed E-state index contributed by atoms with van der Waals surface area (Å²) < 4.78 is 12.6. The van der Waals surface area contributed by atoms with Crippen LogP contribution < -0.4 is 5.32 Å². The maximum absolute atomic E-state index is 12.6. The van der Waals surface area contributed by atoms with Crippen molar-refractivity contribution in [3.8, 4) is 0 Å². The third-order valence-electron chi connectivity index (χ3n) is 2.32. The van der Waals surface area contributed by atoms with Gasteiger partial charge in [0, 0.05) is 18.7 Å². The van der Waals surface area contributed by atoms with E-state index in [1.165, 1.54) is 24.3 Å². The summed E-state index contributed by atoms with van der Waals surface area (Å²) in [5, 5.41) is 3.02. The molecule has 0 fully saturated rings. The molecule has 0 aliphatic rings. The number of rotatable bonds is 6. The molecule has 0 aromatic heterocycles. The lowest BCUT2D eigenvalue weighted by molar-refractivity contribution is 0.0947. The van der Waals surface area contributed by atoms with Gasteiger partial charge >= 0.3 is 0 Å². The van der Waals surface area contributed by atoms with Crippen LogP contribution in [0.2, 0.25) is 0 Å². The van der Waals surface area contributed by atoms with Crippen molar-refractivity contribution in [1.82, 2.24) is 10.2 Å². The van der Waals surface area contributed by atoms with Crippen molar-refractivity contribution in [2.75, 3.05) is 33.7 Å². The van der Waals surface area contributed by atoms with Crippen LogP contribution in [0.4, 0.5) is 4.39 Å². The van der Waals surface area contributed by atoms with Gasteiger partial charge in [-0.2, -0.15) is 0 Å². The van der Waals surface area contributed by atoms with Crippen LogP contribution in [0.5, 0.6) is 0 Å². The summed E-state index contributed by atoms with van der Waals surface area (Å²) in [6.45, 7) is 2.00. The van der Waals surface area contributed by atoms with Gasteiger partial charge in [0.25, 0.3) is 0 Å². The van der Waals surface area contributed by atoms with E-state index < -0.39 is 0 Å². The number of Topliss-reactive ketones (excluding diaryl/α,β-unsaturated/α-hetero) is 1. The molecule has 0 spiro atoms. The molecule has 0 unspecified atom stereocenters. The zero-order valence-corrected chi connectivity index (χ0v) is 9.66. The molecule has 0 saturated heterocycles. The number of ketones is 1. The number of nitrogens with zero attached hydrogens (tertiary/aromatic N) is 1. The zero-order chi connectivity index (χ0) is 12.0. The lowest BCUT2D eigenvalue weighted by Gasteiger charge is -2.15. The minimum atomic E-state index is -0.319. The van der Waals surface area contributed by atoms with Gasteiger partial charge in [-0.25, -0.2) is 4.39 Å². The fraction of sp³-hybridized carbons (Fsp3) is 0.417. The quantitative estimate of drug-likeness (QED) is 0.736. The predicted molar refractivity (Wildman–Crippen MR) is 62.2 cm³/mol. The molecule has 1 aromatic carbocycles. The second kappa shape index (κ2) is 6.35. The summed E-state index contributed by atoms with van der Waals surface area (Å²) in [6.07, 6.45) is 0. The molecule has 0 atom stereocenters. The summed E-state index contributed by atoms with van der Waals surface area (Å²) in [6, 6.07) is 5.65. The first-order valence-electron chi connectivity index (χ1n) is 5.25. The lowest BCUT2D eigenvalue weighted by Crippen LogP contribution is -2.31. The number of nitrogens with one attached hydrogen (secondary N) is 1. The van der Waals surface area contributed by atoms with Crippen LogP contribution in [0.1, 0.15) is 10.4 Å². The van der Waals surface area contributed by atoms with Crippen LogP contribution in [0.3, 0.4) is 0 Å². The first kappa shape index (κ1) is 12.8. The molecular weight excluding hydrogens is 207 g/mol. The van der Waals surface area contributed by atoms with E-state index in [1.54, 1.807) is 0 Å². The molecule has 1 aromatic rings. The van der Waals surface area contributed by atoms with Crippen LogP contribution in [-0.2, 0) is 0 Å². The topological polar surface area (TPSA) is 32.3 Å². The Morgan fingerprint density at radius 3 is 2.56 bits per heavy atom. The molecule has 1 rings (SSSR count). The standard InChI is InChI=1S/C12H17FN2O/c1-14-7-8-15(2)9-12(16)10-3-5-11(13)6-4-10/h3-6,14H,7-9H2,1-2H3. The molecule has 16 heavy (non-hydrogen) atoms. The Morgan fingerprint density at radius 2 is 2.00 bits per heavy atom. The lowest BCUT2D eigenvalue weighted by atomic mass is 10.1. The van der Waals surface area contributed by atoms with Crippen LogP contribution >= 0.6 is 0 Å². The van der Waals surface area contributed by atoms with Crippen molar-refractivity contribution in [1.29, 1.82) is 0 Å². The average Bonchev–Trinajstić information content (AvgIpc) is 2.27. The Hall–Kier alpha value is -1.26. The molecule has 4 heteroatoms. The van der Waals surface area contributed by atoms with E-state index in [0.717, 1.165) is 13.1 Å². The van der Waals surface area contributed by atoms with Gasteiger partial charge in [-0.1, -0.05) is 0 Å². The number of carbonyl (C=O) groups is 1. The van der Waals surface area contributed by atoms with Gasteiger partial charge in [0.15, 0.2) is 5.78 Å². The third-order valence-corrected chi connectivity index (χ3v) is 2.32. The Balaban J connectivity index is 2.48. The summed E-state index contributed by atoms with van der Waals surface area (Å²) in [7, 11) is 3.76. The molecule has 88 valence electrons. The van der Waals surface area contributed by atoms with Crippen molar-refractivity contribution in [3.63, 3.8) is 0 Å². The first-order chi connectivity index (χ1) is 7.63. The monoisotopic (exact) mass is 224 g/mol. The highest BCUT2D eigenvalue weighted by atomic mass is 19.1. The van der Waals surface area contributed by atoms with Crippen LogP contribution in [-0.4, -0.2) is 44.4 Å². The Morgan fingerprint density at radius 1 is 1.38 bits per heavy atom. The molecule has 0 bridgehead atoms.